The van der Waals surface area contributed by atoms with Crippen LogP contribution in [0.5, 0.6) is 0 Å². The van der Waals surface area contributed by atoms with Crippen molar-refractivity contribution < 1.29 is 47.5 Å². The van der Waals surface area contributed by atoms with Gasteiger partial charge >= 0.3 is 25.7 Å². The molecule has 0 bridgehead atoms. The van der Waals surface area contributed by atoms with Crippen molar-refractivity contribution in [1.29, 1.82) is 0 Å². The van der Waals surface area contributed by atoms with Gasteiger partial charge in [0.15, 0.2) is 6.10 Å². The summed E-state index contributed by atoms with van der Waals surface area (Å²) in [6.45, 7) is 2.73. The number of ether oxygens (including phenoxy) is 2. The van der Waals surface area contributed by atoms with Crippen LogP contribution in [0.25, 0.3) is 0 Å². The fourth-order valence-corrected chi connectivity index (χ4v) is 5.97. The first-order valence-corrected chi connectivity index (χ1v) is 21.5. The molecule has 0 aromatic heterocycles. The number of rotatable bonds is 37. The van der Waals surface area contributed by atoms with E-state index in [9.17, 15) is 23.8 Å². The van der Waals surface area contributed by atoms with E-state index in [-0.39, 0.29) is 19.4 Å². The molecular weight excluding hydrogens is 685 g/mol. The normalized spacial score (nSPS) is 14.2. The molecule has 0 rings (SSSR count). The number of carbonyl (C=O) groups excluding carboxylic acids is 2. The third-order valence-electron chi connectivity index (χ3n) is 8.39. The Balaban J connectivity index is 4.43. The van der Waals surface area contributed by atoms with Crippen molar-refractivity contribution in [1.82, 2.24) is 0 Å². The van der Waals surface area contributed by atoms with Crippen LogP contribution in [-0.4, -0.2) is 59.9 Å². The van der Waals surface area contributed by atoms with Crippen LogP contribution in [0.3, 0.4) is 0 Å². The van der Waals surface area contributed by atoms with Gasteiger partial charge in [0.25, 0.3) is 0 Å². The molecular formula is C40H72NO10P. The first kappa shape index (κ1) is 49.7. The third-order valence-corrected chi connectivity index (χ3v) is 9.34. The minimum Gasteiger partial charge on any atom is -0.480 e. The molecule has 4 N–H and O–H groups in total. The van der Waals surface area contributed by atoms with Crippen LogP contribution in [0, 0.1) is 0 Å². The number of phosphoric acid groups is 1. The fraction of sp³-hybridized carbons (Fsp3) is 0.775. The Labute approximate surface area is 314 Å². The minimum absolute atomic E-state index is 0.158. The summed E-state index contributed by atoms with van der Waals surface area (Å²) in [6.07, 6.45) is 36.4. The van der Waals surface area contributed by atoms with Gasteiger partial charge in [0.05, 0.1) is 13.2 Å². The van der Waals surface area contributed by atoms with Gasteiger partial charge in [0.1, 0.15) is 12.6 Å². The molecule has 0 radical (unpaired) electrons. The number of allylic oxidation sites excluding steroid dienone is 6. The second kappa shape index (κ2) is 35.7. The molecule has 12 heteroatoms. The molecule has 0 aliphatic heterocycles. The van der Waals surface area contributed by atoms with Gasteiger partial charge in [-0.15, -0.1) is 0 Å². The summed E-state index contributed by atoms with van der Waals surface area (Å²) in [4.78, 5) is 45.8. The van der Waals surface area contributed by atoms with Crippen LogP contribution in [0.2, 0.25) is 0 Å². The number of aliphatic carboxylic acids is 1. The number of carboxylic acids is 1. The molecule has 0 aromatic carbocycles. The van der Waals surface area contributed by atoms with E-state index in [1.807, 2.05) is 0 Å². The largest absolute Gasteiger partial charge is 0.480 e. The standard InChI is InChI=1S/C40H72NO10P/c1-3-5-7-9-11-13-15-16-17-18-19-20-22-23-25-27-29-31-38(42)48-33-36(34-49-52(46,47)50-35-37(41)40(44)45)51-39(43)32-30-28-26-24-21-14-12-10-8-6-4-2/h11,13,16-17,19-20,36-37H,3-10,12,14-15,18,21-35,41H2,1-2H3,(H,44,45)(H,46,47)/t36-,37+/m1/s1. The molecule has 0 aromatic rings. The van der Waals surface area contributed by atoms with Crippen molar-refractivity contribution in [2.45, 2.75) is 180 Å². The molecule has 0 saturated heterocycles. The summed E-state index contributed by atoms with van der Waals surface area (Å²) < 4.78 is 32.6. The van der Waals surface area contributed by atoms with Gasteiger partial charge in [-0.05, 0) is 51.4 Å². The second-order valence-corrected chi connectivity index (χ2v) is 14.9. The molecule has 11 nitrogen and oxygen atoms in total. The highest BCUT2D eigenvalue weighted by Gasteiger charge is 2.28. The van der Waals surface area contributed by atoms with Gasteiger partial charge in [-0.1, -0.05) is 140 Å². The highest BCUT2D eigenvalue weighted by atomic mass is 31.2. The molecule has 0 aliphatic carbocycles. The zero-order valence-corrected chi connectivity index (χ0v) is 33.3. The van der Waals surface area contributed by atoms with Gasteiger partial charge in [-0.3, -0.25) is 23.4 Å². The average Bonchev–Trinajstić information content (AvgIpc) is 3.12. The lowest BCUT2D eigenvalue weighted by Gasteiger charge is -2.20. The predicted molar refractivity (Wildman–Crippen MR) is 208 cm³/mol. The van der Waals surface area contributed by atoms with E-state index in [1.54, 1.807) is 0 Å². The second-order valence-electron chi connectivity index (χ2n) is 13.4. The highest BCUT2D eigenvalue weighted by molar-refractivity contribution is 7.47. The lowest BCUT2D eigenvalue weighted by Crippen LogP contribution is -2.34. The van der Waals surface area contributed by atoms with Crippen molar-refractivity contribution in [3.8, 4) is 0 Å². The maximum absolute atomic E-state index is 12.5. The molecule has 0 spiro atoms. The maximum Gasteiger partial charge on any atom is 0.472 e. The summed E-state index contributed by atoms with van der Waals surface area (Å²) in [6, 6.07) is -1.52. The number of hydrogen-bond acceptors (Lipinski definition) is 9. The van der Waals surface area contributed by atoms with E-state index in [0.29, 0.717) is 12.8 Å². The van der Waals surface area contributed by atoms with Gasteiger partial charge in [0, 0.05) is 12.8 Å². The Bertz CT molecular complexity index is 1030. The molecule has 0 saturated carbocycles. The first-order valence-electron chi connectivity index (χ1n) is 20.0. The molecule has 302 valence electrons. The average molecular weight is 758 g/mol. The van der Waals surface area contributed by atoms with E-state index >= 15 is 0 Å². The van der Waals surface area contributed by atoms with Crippen molar-refractivity contribution >= 4 is 25.7 Å². The SMILES string of the molecule is CCCCCC=CCC=CCC=CCCCCCCC(=O)OC[C@H](COP(=O)(O)OC[C@H](N)C(=O)O)OC(=O)CCCCCCCCCCCCC. The quantitative estimate of drug-likeness (QED) is 0.0238. The monoisotopic (exact) mass is 757 g/mol. The van der Waals surface area contributed by atoms with E-state index in [4.69, 9.17) is 24.8 Å². The van der Waals surface area contributed by atoms with Gasteiger partial charge in [-0.2, -0.15) is 0 Å². The number of unbranched alkanes of at least 4 members (excludes halogenated alkanes) is 17. The number of carboxylic acid groups (broad SMARTS) is 1. The van der Waals surface area contributed by atoms with Crippen LogP contribution in [0.15, 0.2) is 36.5 Å². The Morgan fingerprint density at radius 1 is 0.596 bits per heavy atom. The molecule has 0 fully saturated rings. The number of esters is 2. The van der Waals surface area contributed by atoms with Crippen LogP contribution in [-0.2, 0) is 37.5 Å². The summed E-state index contributed by atoms with van der Waals surface area (Å²) >= 11 is 0. The Morgan fingerprint density at radius 2 is 1.02 bits per heavy atom. The highest BCUT2D eigenvalue weighted by Crippen LogP contribution is 2.43. The first-order chi connectivity index (χ1) is 25.1. The van der Waals surface area contributed by atoms with E-state index < -0.39 is 51.1 Å². The predicted octanol–water partition coefficient (Wildman–Crippen LogP) is 10.1. The minimum atomic E-state index is -4.71. The lowest BCUT2D eigenvalue weighted by atomic mass is 10.1. The number of hydrogen-bond donors (Lipinski definition) is 3. The van der Waals surface area contributed by atoms with Crippen molar-refractivity contribution in [3.05, 3.63) is 36.5 Å². The van der Waals surface area contributed by atoms with Crippen LogP contribution < -0.4 is 5.73 Å². The van der Waals surface area contributed by atoms with E-state index in [1.165, 1.54) is 70.6 Å². The van der Waals surface area contributed by atoms with E-state index in [0.717, 1.165) is 57.8 Å². The zero-order valence-electron chi connectivity index (χ0n) is 32.4. The molecule has 1 unspecified atom stereocenters. The summed E-state index contributed by atoms with van der Waals surface area (Å²) in [5.74, 6) is -2.41. The molecule has 3 atom stereocenters. The summed E-state index contributed by atoms with van der Waals surface area (Å²) in [5, 5.41) is 8.86. The topological polar surface area (TPSA) is 172 Å². The van der Waals surface area contributed by atoms with Crippen molar-refractivity contribution in [3.63, 3.8) is 0 Å². The van der Waals surface area contributed by atoms with Gasteiger partial charge in [0.2, 0.25) is 0 Å². The zero-order chi connectivity index (χ0) is 38.5. The Kier molecular flexibility index (Phi) is 34.1. The van der Waals surface area contributed by atoms with E-state index in [2.05, 4.69) is 54.8 Å². The molecule has 52 heavy (non-hydrogen) atoms. The smallest absolute Gasteiger partial charge is 0.472 e. The van der Waals surface area contributed by atoms with Gasteiger partial charge in [-0.25, -0.2) is 4.57 Å². The fourth-order valence-electron chi connectivity index (χ4n) is 5.19. The maximum atomic E-state index is 12.5. The summed E-state index contributed by atoms with van der Waals surface area (Å²) in [5.41, 5.74) is 5.32. The third kappa shape index (κ3) is 34.8. The molecule has 0 aliphatic rings. The lowest BCUT2D eigenvalue weighted by molar-refractivity contribution is -0.161. The Hall–Kier alpha value is -2.30. The number of nitrogens with two attached hydrogens (primary N) is 1. The Morgan fingerprint density at radius 3 is 1.56 bits per heavy atom. The van der Waals surface area contributed by atoms with Crippen LogP contribution in [0.4, 0.5) is 0 Å². The van der Waals surface area contributed by atoms with Crippen molar-refractivity contribution in [2.75, 3.05) is 19.8 Å². The van der Waals surface area contributed by atoms with Crippen molar-refractivity contribution in [2.24, 2.45) is 5.73 Å². The van der Waals surface area contributed by atoms with Crippen LogP contribution >= 0.6 is 7.82 Å². The number of carbonyl (C=O) groups is 3. The molecule has 0 amide bonds. The number of phosphoric ester groups is 1. The summed E-state index contributed by atoms with van der Waals surface area (Å²) in [7, 11) is -4.71. The van der Waals surface area contributed by atoms with Gasteiger partial charge < -0.3 is 25.2 Å². The molecule has 0 heterocycles. The van der Waals surface area contributed by atoms with Crippen LogP contribution in [0.1, 0.15) is 168 Å².